The van der Waals surface area contributed by atoms with Crippen LogP contribution in [-0.2, 0) is 25.7 Å². The molecule has 176 valence electrons. The first-order valence-corrected chi connectivity index (χ1v) is 10.7. The Labute approximate surface area is 195 Å². The van der Waals surface area contributed by atoms with E-state index in [1.54, 1.807) is 24.4 Å². The summed E-state index contributed by atoms with van der Waals surface area (Å²) in [6, 6.07) is 9.03. The van der Waals surface area contributed by atoms with Crippen molar-refractivity contribution in [1.29, 1.82) is 0 Å². The molecule has 0 aromatic carbocycles. The first kappa shape index (κ1) is 24.6. The minimum absolute atomic E-state index is 0.0743. The van der Waals surface area contributed by atoms with Gasteiger partial charge in [-0.3, -0.25) is 9.78 Å². The zero-order valence-electron chi connectivity index (χ0n) is 17.7. The molecule has 1 atom stereocenters. The van der Waals surface area contributed by atoms with Crippen molar-refractivity contribution in [3.05, 3.63) is 59.1 Å². The number of hydrogen-bond donors (Lipinski definition) is 2. The molecule has 33 heavy (non-hydrogen) atoms. The van der Waals surface area contributed by atoms with Crippen LogP contribution in [0, 0.1) is 0 Å². The van der Waals surface area contributed by atoms with Crippen molar-refractivity contribution in [2.24, 2.45) is 0 Å². The Bertz CT molecular complexity index is 969. The highest BCUT2D eigenvalue weighted by Gasteiger charge is 2.44. The van der Waals surface area contributed by atoms with Crippen molar-refractivity contribution in [3.63, 3.8) is 0 Å². The summed E-state index contributed by atoms with van der Waals surface area (Å²) >= 11 is 5.90. The van der Waals surface area contributed by atoms with Crippen LogP contribution in [0.25, 0.3) is 0 Å². The minimum atomic E-state index is -1.82. The number of halogens is 1. The number of likely N-dealkylation sites (tertiary alicyclic amines) is 1. The zero-order chi connectivity index (χ0) is 23.8. The third kappa shape index (κ3) is 6.95. The molecule has 2 aliphatic heterocycles. The molecule has 0 aliphatic carbocycles. The average Bonchev–Trinajstić information content (AvgIpc) is 3.21. The van der Waals surface area contributed by atoms with Gasteiger partial charge in [0.2, 0.25) is 0 Å². The van der Waals surface area contributed by atoms with Gasteiger partial charge in [-0.25, -0.2) is 14.6 Å². The Morgan fingerprint density at radius 3 is 2.48 bits per heavy atom. The summed E-state index contributed by atoms with van der Waals surface area (Å²) in [5.41, 5.74) is 1.27. The van der Waals surface area contributed by atoms with Crippen LogP contribution in [0.5, 0.6) is 0 Å². The second-order valence-corrected chi connectivity index (χ2v) is 8.13. The van der Waals surface area contributed by atoms with Gasteiger partial charge in [0.25, 0.3) is 5.91 Å². The third-order valence-corrected chi connectivity index (χ3v) is 5.67. The van der Waals surface area contributed by atoms with Gasteiger partial charge in [0.15, 0.2) is 0 Å². The van der Waals surface area contributed by atoms with E-state index in [4.69, 9.17) is 40.9 Å². The number of amides is 1. The summed E-state index contributed by atoms with van der Waals surface area (Å²) in [5, 5.41) is 15.1. The van der Waals surface area contributed by atoms with Gasteiger partial charge in [-0.2, -0.15) is 0 Å². The van der Waals surface area contributed by atoms with Gasteiger partial charge in [0.05, 0.1) is 24.9 Å². The van der Waals surface area contributed by atoms with E-state index in [0.29, 0.717) is 37.2 Å². The topological polar surface area (TPSA) is 139 Å². The standard InChI is InChI=1S/C20H22ClN3O3.C2H2O4/c21-18-5-1-4-17(23-18)19(25)24-9-6-20(7-10-24)11-16(14-27-20)26-13-15-3-2-8-22-12-15;3-1(4)2(5)6/h1-5,8,12,16H,6-7,9-11,13-14H2;(H,3,4)(H,5,6). The van der Waals surface area contributed by atoms with Crippen LogP contribution in [0.3, 0.4) is 0 Å². The number of piperidine rings is 1. The number of pyridine rings is 2. The molecule has 1 spiro atoms. The maximum Gasteiger partial charge on any atom is 0.414 e. The summed E-state index contributed by atoms with van der Waals surface area (Å²) in [6.07, 6.45) is 6.15. The maximum atomic E-state index is 12.6. The molecule has 0 radical (unpaired) electrons. The largest absolute Gasteiger partial charge is 0.473 e. The number of carboxylic acid groups (broad SMARTS) is 2. The first-order chi connectivity index (χ1) is 15.8. The quantitative estimate of drug-likeness (QED) is 0.501. The number of hydrogen-bond acceptors (Lipinski definition) is 7. The lowest BCUT2D eigenvalue weighted by Crippen LogP contribution is -2.46. The molecule has 2 aromatic heterocycles. The predicted octanol–water partition coefficient (Wildman–Crippen LogP) is 2.27. The SMILES string of the molecule is O=C(O)C(=O)O.O=C(c1cccc(Cl)n1)N1CCC2(CC1)CC(OCc1cccnc1)CO2. The van der Waals surface area contributed by atoms with Crippen LogP contribution >= 0.6 is 11.6 Å². The first-order valence-electron chi connectivity index (χ1n) is 10.3. The summed E-state index contributed by atoms with van der Waals surface area (Å²) in [5.74, 6) is -3.72. The number of aliphatic carboxylic acids is 2. The highest BCUT2D eigenvalue weighted by Crippen LogP contribution is 2.37. The highest BCUT2D eigenvalue weighted by atomic mass is 35.5. The molecule has 2 fully saturated rings. The number of ether oxygens (including phenoxy) is 2. The summed E-state index contributed by atoms with van der Waals surface area (Å²) in [4.78, 5) is 40.9. The van der Waals surface area contributed by atoms with E-state index < -0.39 is 11.9 Å². The van der Waals surface area contributed by atoms with Crippen molar-refractivity contribution in [3.8, 4) is 0 Å². The average molecular weight is 478 g/mol. The Balaban J connectivity index is 0.000000454. The molecular weight excluding hydrogens is 454 g/mol. The van der Waals surface area contributed by atoms with Crippen LogP contribution < -0.4 is 0 Å². The molecule has 2 aliphatic rings. The molecule has 10 nitrogen and oxygen atoms in total. The Hall–Kier alpha value is -3.08. The monoisotopic (exact) mass is 477 g/mol. The van der Waals surface area contributed by atoms with Gasteiger partial charge in [-0.05, 0) is 36.6 Å². The Morgan fingerprint density at radius 1 is 1.15 bits per heavy atom. The highest BCUT2D eigenvalue weighted by molar-refractivity contribution is 6.29. The Morgan fingerprint density at radius 2 is 1.88 bits per heavy atom. The molecular formula is C22H24ClN3O7. The molecule has 4 heterocycles. The smallest absolute Gasteiger partial charge is 0.414 e. The second kappa shape index (κ2) is 11.2. The maximum absolute atomic E-state index is 12.6. The van der Waals surface area contributed by atoms with E-state index in [-0.39, 0.29) is 17.6 Å². The number of aromatic nitrogens is 2. The third-order valence-electron chi connectivity index (χ3n) is 5.46. The molecule has 1 amide bonds. The number of carbonyl (C=O) groups excluding carboxylic acids is 1. The lowest BCUT2D eigenvalue weighted by molar-refractivity contribution is -0.159. The van der Waals surface area contributed by atoms with E-state index in [0.717, 1.165) is 24.8 Å². The molecule has 2 N–H and O–H groups in total. The van der Waals surface area contributed by atoms with Crippen LogP contribution in [-0.4, -0.2) is 74.3 Å². The van der Waals surface area contributed by atoms with E-state index in [9.17, 15) is 4.79 Å². The molecule has 2 aromatic rings. The van der Waals surface area contributed by atoms with Gasteiger partial charge in [0, 0.05) is 31.9 Å². The van der Waals surface area contributed by atoms with Crippen molar-refractivity contribution in [2.75, 3.05) is 19.7 Å². The lowest BCUT2D eigenvalue weighted by atomic mass is 9.88. The van der Waals surface area contributed by atoms with Crippen LogP contribution in [0.1, 0.15) is 35.3 Å². The summed E-state index contributed by atoms with van der Waals surface area (Å²) in [6.45, 7) is 2.46. The van der Waals surface area contributed by atoms with Crippen molar-refractivity contribution in [2.45, 2.75) is 37.6 Å². The fourth-order valence-corrected chi connectivity index (χ4v) is 3.93. The fourth-order valence-electron chi connectivity index (χ4n) is 3.76. The molecule has 4 rings (SSSR count). The molecule has 1 unspecified atom stereocenters. The normalized spacial score (nSPS) is 18.9. The van der Waals surface area contributed by atoms with Crippen molar-refractivity contribution in [1.82, 2.24) is 14.9 Å². The van der Waals surface area contributed by atoms with Gasteiger partial charge in [0.1, 0.15) is 10.8 Å². The number of carboxylic acids is 2. The van der Waals surface area contributed by atoms with E-state index in [2.05, 4.69) is 9.97 Å². The number of nitrogens with zero attached hydrogens (tertiary/aromatic N) is 3. The second-order valence-electron chi connectivity index (χ2n) is 7.74. The summed E-state index contributed by atoms with van der Waals surface area (Å²) in [7, 11) is 0. The lowest BCUT2D eigenvalue weighted by Gasteiger charge is -2.38. The van der Waals surface area contributed by atoms with Crippen molar-refractivity contribution < 1.29 is 34.1 Å². The number of carbonyl (C=O) groups is 3. The van der Waals surface area contributed by atoms with Gasteiger partial charge in [-0.1, -0.05) is 23.7 Å². The zero-order valence-corrected chi connectivity index (χ0v) is 18.5. The van der Waals surface area contributed by atoms with E-state index in [1.165, 1.54) is 0 Å². The minimum Gasteiger partial charge on any atom is -0.473 e. The van der Waals surface area contributed by atoms with Crippen LogP contribution in [0.15, 0.2) is 42.7 Å². The summed E-state index contributed by atoms with van der Waals surface area (Å²) < 4.78 is 12.1. The molecule has 0 saturated carbocycles. The van der Waals surface area contributed by atoms with Gasteiger partial charge in [-0.15, -0.1) is 0 Å². The predicted molar refractivity (Wildman–Crippen MR) is 116 cm³/mol. The van der Waals surface area contributed by atoms with E-state index in [1.807, 2.05) is 23.2 Å². The Kier molecular flexibility index (Phi) is 8.32. The molecule has 2 saturated heterocycles. The molecule has 0 bridgehead atoms. The van der Waals surface area contributed by atoms with Crippen LogP contribution in [0.4, 0.5) is 0 Å². The number of rotatable bonds is 4. The molecule has 11 heteroatoms. The van der Waals surface area contributed by atoms with Gasteiger partial charge >= 0.3 is 11.9 Å². The van der Waals surface area contributed by atoms with E-state index >= 15 is 0 Å². The van der Waals surface area contributed by atoms with Crippen LogP contribution in [0.2, 0.25) is 5.15 Å². The van der Waals surface area contributed by atoms with Crippen molar-refractivity contribution >= 4 is 29.4 Å². The van der Waals surface area contributed by atoms with Gasteiger partial charge < -0.3 is 24.6 Å². The fraction of sp³-hybridized carbons (Fsp3) is 0.409.